The summed E-state index contributed by atoms with van der Waals surface area (Å²) < 4.78 is 28.1. The van der Waals surface area contributed by atoms with Crippen molar-refractivity contribution in [3.05, 3.63) is 77.2 Å². The zero-order valence-electron chi connectivity index (χ0n) is 20.5. The van der Waals surface area contributed by atoms with Gasteiger partial charge in [0.25, 0.3) is 0 Å². The van der Waals surface area contributed by atoms with E-state index >= 15 is 0 Å². The highest BCUT2D eigenvalue weighted by molar-refractivity contribution is 7.91. The zero-order chi connectivity index (χ0) is 25.6. The molecule has 0 unspecified atom stereocenters. The SMILES string of the molecule is O=C(CCS(=O)(=O)c1ccc2cc(Cl)ccc2c1)N1CCC(N2CCc3nc4ccccn4c3C2)CC1. The van der Waals surface area contributed by atoms with Gasteiger partial charge in [-0.3, -0.25) is 9.69 Å². The number of nitrogens with zero attached hydrogens (tertiary/aromatic N) is 4. The van der Waals surface area contributed by atoms with Gasteiger partial charge in [0, 0.05) is 56.3 Å². The van der Waals surface area contributed by atoms with Gasteiger partial charge in [-0.2, -0.15) is 0 Å². The predicted octanol–water partition coefficient (Wildman–Crippen LogP) is 4.35. The van der Waals surface area contributed by atoms with E-state index in [2.05, 4.69) is 15.5 Å². The average molecular weight is 537 g/mol. The smallest absolute Gasteiger partial charge is 0.223 e. The van der Waals surface area contributed by atoms with Gasteiger partial charge in [-0.05, 0) is 60.0 Å². The molecule has 1 saturated heterocycles. The predicted molar refractivity (Wildman–Crippen MR) is 145 cm³/mol. The number of fused-ring (bicyclic) bond motifs is 4. The molecular formula is C28H29ClN4O3S. The number of hydrogen-bond donors (Lipinski definition) is 0. The van der Waals surface area contributed by atoms with Crippen LogP contribution in [0.4, 0.5) is 0 Å². The highest BCUT2D eigenvalue weighted by Crippen LogP contribution is 2.27. The Balaban J connectivity index is 1.04. The van der Waals surface area contributed by atoms with Crippen LogP contribution in [0.1, 0.15) is 30.7 Å². The molecular weight excluding hydrogens is 508 g/mol. The second-order valence-corrected chi connectivity index (χ2v) is 12.5. The maximum atomic E-state index is 12.9. The number of pyridine rings is 1. The van der Waals surface area contributed by atoms with Crippen LogP contribution in [-0.4, -0.2) is 64.9 Å². The first kappa shape index (κ1) is 24.4. The third kappa shape index (κ3) is 4.85. The van der Waals surface area contributed by atoms with Gasteiger partial charge in [-0.15, -0.1) is 0 Å². The van der Waals surface area contributed by atoms with Crippen molar-refractivity contribution in [3.63, 3.8) is 0 Å². The number of likely N-dealkylation sites (tertiary alicyclic amines) is 1. The van der Waals surface area contributed by atoms with Crippen molar-refractivity contribution in [2.45, 2.75) is 43.2 Å². The van der Waals surface area contributed by atoms with Crippen molar-refractivity contribution < 1.29 is 13.2 Å². The van der Waals surface area contributed by atoms with Crippen LogP contribution in [0.3, 0.4) is 0 Å². The van der Waals surface area contributed by atoms with E-state index in [1.807, 2.05) is 29.2 Å². The summed E-state index contributed by atoms with van der Waals surface area (Å²) in [6.07, 6.45) is 4.82. The Morgan fingerprint density at radius 1 is 1.00 bits per heavy atom. The number of halogens is 1. The molecule has 2 aromatic heterocycles. The molecule has 0 spiro atoms. The lowest BCUT2D eigenvalue weighted by Crippen LogP contribution is -2.48. The summed E-state index contributed by atoms with van der Waals surface area (Å²) in [5.74, 6) is -0.272. The van der Waals surface area contributed by atoms with Crippen LogP contribution in [0.25, 0.3) is 16.4 Å². The van der Waals surface area contributed by atoms with Gasteiger partial charge in [0.05, 0.1) is 22.0 Å². The van der Waals surface area contributed by atoms with Crippen molar-refractivity contribution in [2.24, 2.45) is 0 Å². The third-order valence-electron chi connectivity index (χ3n) is 7.75. The molecule has 4 heterocycles. The van der Waals surface area contributed by atoms with Gasteiger partial charge in [0.2, 0.25) is 5.91 Å². The fraction of sp³-hybridized carbons (Fsp3) is 0.357. The molecule has 2 aromatic carbocycles. The molecule has 6 rings (SSSR count). The normalized spacial score (nSPS) is 17.4. The Labute approximate surface area is 221 Å². The molecule has 1 amide bonds. The van der Waals surface area contributed by atoms with Crippen molar-refractivity contribution >= 4 is 43.8 Å². The molecule has 0 N–H and O–H groups in total. The van der Waals surface area contributed by atoms with E-state index in [1.165, 1.54) is 11.4 Å². The number of rotatable bonds is 5. The van der Waals surface area contributed by atoms with E-state index in [0.717, 1.165) is 48.8 Å². The van der Waals surface area contributed by atoms with Gasteiger partial charge < -0.3 is 9.30 Å². The van der Waals surface area contributed by atoms with Gasteiger partial charge in [0.15, 0.2) is 9.84 Å². The van der Waals surface area contributed by atoms with Gasteiger partial charge in [-0.25, -0.2) is 13.4 Å². The minimum absolute atomic E-state index is 0.000539. The Kier molecular flexibility index (Phi) is 6.42. The standard InChI is InChI=1S/C28H29ClN4O3S/c29-22-6-4-21-18-24(7-5-20(21)17-22)37(35,36)16-11-28(34)31-13-8-23(9-14-31)32-15-10-25-26(19-32)33-12-2-1-3-27(33)30-25/h1-7,12,17-18,23H,8-11,13-16,19H2. The van der Waals surface area contributed by atoms with Crippen molar-refractivity contribution in [1.29, 1.82) is 0 Å². The summed E-state index contributed by atoms with van der Waals surface area (Å²) in [4.78, 5) is 22.3. The van der Waals surface area contributed by atoms with E-state index in [1.54, 1.807) is 30.3 Å². The molecule has 2 aliphatic heterocycles. The summed E-state index contributed by atoms with van der Waals surface area (Å²) >= 11 is 6.03. The maximum Gasteiger partial charge on any atom is 0.223 e. The molecule has 0 atom stereocenters. The number of amides is 1. The number of aromatic nitrogens is 2. The minimum atomic E-state index is -3.56. The molecule has 2 aliphatic rings. The first-order valence-corrected chi connectivity index (χ1v) is 14.8. The van der Waals surface area contributed by atoms with Crippen LogP contribution < -0.4 is 0 Å². The molecule has 37 heavy (non-hydrogen) atoms. The lowest BCUT2D eigenvalue weighted by molar-refractivity contribution is -0.132. The Bertz CT molecular complexity index is 1590. The number of piperidine rings is 1. The molecule has 0 aliphatic carbocycles. The van der Waals surface area contributed by atoms with E-state index in [4.69, 9.17) is 16.6 Å². The molecule has 0 saturated carbocycles. The Morgan fingerprint density at radius 3 is 2.62 bits per heavy atom. The first-order valence-electron chi connectivity index (χ1n) is 12.8. The van der Waals surface area contributed by atoms with Gasteiger partial charge in [0.1, 0.15) is 5.65 Å². The first-order chi connectivity index (χ1) is 17.9. The summed E-state index contributed by atoms with van der Waals surface area (Å²) in [7, 11) is -3.56. The lowest BCUT2D eigenvalue weighted by atomic mass is 10.00. The van der Waals surface area contributed by atoms with Gasteiger partial charge >= 0.3 is 0 Å². The quantitative estimate of drug-likeness (QED) is 0.379. The second-order valence-electron chi connectivity index (χ2n) is 9.99. The number of carbonyl (C=O) groups is 1. The Morgan fingerprint density at radius 2 is 1.78 bits per heavy atom. The van der Waals surface area contributed by atoms with Crippen molar-refractivity contribution in [1.82, 2.24) is 19.2 Å². The monoisotopic (exact) mass is 536 g/mol. The number of sulfone groups is 1. The molecule has 1 fully saturated rings. The van der Waals surface area contributed by atoms with Crippen LogP contribution >= 0.6 is 11.6 Å². The number of benzene rings is 2. The van der Waals surface area contributed by atoms with E-state index in [0.29, 0.717) is 24.2 Å². The van der Waals surface area contributed by atoms with E-state index in [-0.39, 0.29) is 23.0 Å². The van der Waals surface area contributed by atoms with Gasteiger partial charge in [-0.1, -0.05) is 29.8 Å². The highest BCUT2D eigenvalue weighted by Gasteiger charge is 2.31. The zero-order valence-corrected chi connectivity index (χ0v) is 22.1. The van der Waals surface area contributed by atoms with E-state index in [9.17, 15) is 13.2 Å². The van der Waals surface area contributed by atoms with Crippen LogP contribution in [-0.2, 0) is 27.6 Å². The summed E-state index contributed by atoms with van der Waals surface area (Å²) in [6, 6.07) is 16.9. The molecule has 0 radical (unpaired) electrons. The van der Waals surface area contributed by atoms with Crippen molar-refractivity contribution in [3.8, 4) is 0 Å². The molecule has 4 aromatic rings. The summed E-state index contributed by atoms with van der Waals surface area (Å²) in [6.45, 7) is 3.18. The topological polar surface area (TPSA) is 75.0 Å². The molecule has 192 valence electrons. The van der Waals surface area contributed by atoms with Crippen LogP contribution in [0, 0.1) is 0 Å². The third-order valence-corrected chi connectivity index (χ3v) is 9.70. The number of hydrogen-bond acceptors (Lipinski definition) is 5. The highest BCUT2D eigenvalue weighted by atomic mass is 35.5. The number of carbonyl (C=O) groups excluding carboxylic acids is 1. The summed E-state index contributed by atoms with van der Waals surface area (Å²) in [5.41, 5.74) is 3.45. The molecule has 9 heteroatoms. The number of imidazole rings is 1. The fourth-order valence-electron chi connectivity index (χ4n) is 5.66. The van der Waals surface area contributed by atoms with Crippen LogP contribution in [0.2, 0.25) is 5.02 Å². The summed E-state index contributed by atoms with van der Waals surface area (Å²) in [5, 5.41) is 2.31. The van der Waals surface area contributed by atoms with Crippen LogP contribution in [0.15, 0.2) is 65.7 Å². The maximum absolute atomic E-state index is 12.9. The average Bonchev–Trinajstić information content (AvgIpc) is 3.29. The molecule has 0 bridgehead atoms. The lowest BCUT2D eigenvalue weighted by Gasteiger charge is -2.40. The van der Waals surface area contributed by atoms with Crippen molar-refractivity contribution in [2.75, 3.05) is 25.4 Å². The van der Waals surface area contributed by atoms with E-state index < -0.39 is 9.84 Å². The Hall–Kier alpha value is -2.94. The minimum Gasteiger partial charge on any atom is -0.343 e. The molecule has 7 nitrogen and oxygen atoms in total. The fourth-order valence-corrected chi connectivity index (χ4v) is 7.10. The second kappa shape index (κ2) is 9.74. The van der Waals surface area contributed by atoms with Crippen LogP contribution in [0.5, 0.6) is 0 Å². The largest absolute Gasteiger partial charge is 0.343 e.